The highest BCUT2D eigenvalue weighted by Gasteiger charge is 2.17. The van der Waals surface area contributed by atoms with Gasteiger partial charge in [0.2, 0.25) is 17.6 Å². The Bertz CT molecular complexity index is 695. The summed E-state index contributed by atoms with van der Waals surface area (Å²) in [5.74, 6) is 0.522. The van der Waals surface area contributed by atoms with E-state index in [9.17, 15) is 9.18 Å². The minimum atomic E-state index is -0.303. The number of hydrogen-bond acceptors (Lipinski definition) is 5. The summed E-state index contributed by atoms with van der Waals surface area (Å²) in [6.07, 6.45) is 0.730. The number of amides is 1. The lowest BCUT2D eigenvalue weighted by molar-refractivity contribution is -0.131. The zero-order chi connectivity index (χ0) is 16.2. The lowest BCUT2D eigenvalue weighted by Gasteiger charge is -2.27. The molecule has 2 aromatic rings. The van der Waals surface area contributed by atoms with E-state index < -0.39 is 0 Å². The number of carbonyl (C=O) groups excluding carboxylic acids is 1. The standard InChI is InChI=1S/C16H19FN4O2/c1-11-2-3-12(10-13(11)17)16-19-14(23-20-16)4-5-15(22)21-8-6-18-7-9-21/h2-3,10,18H,4-9H2,1H3. The van der Waals surface area contributed by atoms with Crippen LogP contribution in [0.4, 0.5) is 4.39 Å². The first-order valence-corrected chi connectivity index (χ1v) is 7.71. The van der Waals surface area contributed by atoms with Gasteiger partial charge in [-0.1, -0.05) is 17.3 Å². The van der Waals surface area contributed by atoms with Crippen molar-refractivity contribution in [2.45, 2.75) is 19.8 Å². The van der Waals surface area contributed by atoms with Crippen molar-refractivity contribution in [2.24, 2.45) is 0 Å². The van der Waals surface area contributed by atoms with E-state index in [1.54, 1.807) is 19.1 Å². The van der Waals surface area contributed by atoms with Gasteiger partial charge in [-0.25, -0.2) is 4.39 Å². The van der Waals surface area contributed by atoms with Crippen LogP contribution in [0.5, 0.6) is 0 Å². The maximum atomic E-state index is 13.6. The average Bonchev–Trinajstić information content (AvgIpc) is 3.05. The molecule has 7 heteroatoms. The van der Waals surface area contributed by atoms with Crippen molar-refractivity contribution in [3.05, 3.63) is 35.5 Å². The third-order valence-corrected chi connectivity index (χ3v) is 3.92. The Morgan fingerprint density at radius 2 is 2.17 bits per heavy atom. The number of carbonyl (C=O) groups is 1. The van der Waals surface area contributed by atoms with Crippen LogP contribution in [0, 0.1) is 12.7 Å². The summed E-state index contributed by atoms with van der Waals surface area (Å²) < 4.78 is 18.8. The fourth-order valence-electron chi connectivity index (χ4n) is 2.49. The van der Waals surface area contributed by atoms with Gasteiger partial charge in [0.15, 0.2) is 0 Å². The molecule has 0 unspecified atom stereocenters. The van der Waals surface area contributed by atoms with Gasteiger partial charge in [-0.15, -0.1) is 0 Å². The minimum Gasteiger partial charge on any atom is -0.340 e. The Kier molecular flexibility index (Phi) is 4.66. The first kappa shape index (κ1) is 15.6. The van der Waals surface area contributed by atoms with Crippen LogP contribution in [0.25, 0.3) is 11.4 Å². The maximum absolute atomic E-state index is 13.6. The van der Waals surface area contributed by atoms with Gasteiger partial charge in [-0.05, 0) is 18.6 Å². The van der Waals surface area contributed by atoms with E-state index >= 15 is 0 Å². The molecule has 1 aliphatic rings. The zero-order valence-electron chi connectivity index (χ0n) is 13.0. The normalized spacial score (nSPS) is 15.0. The molecule has 0 atom stereocenters. The van der Waals surface area contributed by atoms with Crippen LogP contribution in [-0.4, -0.2) is 47.1 Å². The molecule has 0 aliphatic carbocycles. The fraction of sp³-hybridized carbons (Fsp3) is 0.438. The van der Waals surface area contributed by atoms with Gasteiger partial charge in [0.1, 0.15) is 5.82 Å². The molecule has 23 heavy (non-hydrogen) atoms. The van der Waals surface area contributed by atoms with Gasteiger partial charge in [-0.2, -0.15) is 4.98 Å². The highest BCUT2D eigenvalue weighted by atomic mass is 19.1. The number of halogens is 1. The molecular weight excluding hydrogens is 299 g/mol. The molecule has 1 amide bonds. The molecule has 1 aliphatic heterocycles. The molecule has 1 fully saturated rings. The predicted molar refractivity (Wildman–Crippen MR) is 82.2 cm³/mol. The Morgan fingerprint density at radius 1 is 1.39 bits per heavy atom. The van der Waals surface area contributed by atoms with E-state index in [2.05, 4.69) is 15.5 Å². The second-order valence-corrected chi connectivity index (χ2v) is 5.61. The number of nitrogens with one attached hydrogen (secondary N) is 1. The molecule has 122 valence electrons. The Morgan fingerprint density at radius 3 is 2.91 bits per heavy atom. The zero-order valence-corrected chi connectivity index (χ0v) is 13.0. The molecule has 0 spiro atoms. The Labute approximate surface area is 133 Å². The van der Waals surface area contributed by atoms with Gasteiger partial charge >= 0.3 is 0 Å². The Hall–Kier alpha value is -2.28. The van der Waals surface area contributed by atoms with Crippen molar-refractivity contribution in [3.8, 4) is 11.4 Å². The van der Waals surface area contributed by atoms with Gasteiger partial charge in [0.25, 0.3) is 0 Å². The summed E-state index contributed by atoms with van der Waals surface area (Å²) in [5.41, 5.74) is 1.13. The maximum Gasteiger partial charge on any atom is 0.227 e. The van der Waals surface area contributed by atoms with E-state index in [1.807, 2.05) is 4.90 Å². The first-order valence-electron chi connectivity index (χ1n) is 7.71. The molecule has 1 saturated heterocycles. The van der Waals surface area contributed by atoms with Crippen molar-refractivity contribution in [3.63, 3.8) is 0 Å². The quantitative estimate of drug-likeness (QED) is 0.926. The molecule has 6 nitrogen and oxygen atoms in total. The summed E-state index contributed by atoms with van der Waals surface area (Å²) in [4.78, 5) is 18.2. The molecule has 2 heterocycles. The number of piperazine rings is 1. The van der Waals surface area contributed by atoms with E-state index in [-0.39, 0.29) is 11.7 Å². The number of rotatable bonds is 4. The van der Waals surface area contributed by atoms with Gasteiger partial charge in [-0.3, -0.25) is 4.79 Å². The largest absolute Gasteiger partial charge is 0.340 e. The highest BCUT2D eigenvalue weighted by Crippen LogP contribution is 2.19. The van der Waals surface area contributed by atoms with E-state index in [0.717, 1.165) is 26.2 Å². The topological polar surface area (TPSA) is 71.3 Å². The lowest BCUT2D eigenvalue weighted by atomic mass is 10.1. The van der Waals surface area contributed by atoms with Crippen molar-refractivity contribution < 1.29 is 13.7 Å². The van der Waals surface area contributed by atoms with Crippen LogP contribution in [0.1, 0.15) is 17.9 Å². The van der Waals surface area contributed by atoms with Gasteiger partial charge in [0, 0.05) is 44.6 Å². The number of aryl methyl sites for hydroxylation is 2. The molecule has 0 bridgehead atoms. The molecule has 3 rings (SSSR count). The summed E-state index contributed by atoms with van der Waals surface area (Å²) >= 11 is 0. The smallest absolute Gasteiger partial charge is 0.227 e. The lowest BCUT2D eigenvalue weighted by Crippen LogP contribution is -2.46. The summed E-state index contributed by atoms with van der Waals surface area (Å²) in [5, 5.41) is 7.07. The fourth-order valence-corrected chi connectivity index (χ4v) is 2.49. The van der Waals surface area contributed by atoms with Crippen LogP contribution in [0.2, 0.25) is 0 Å². The van der Waals surface area contributed by atoms with Crippen molar-refractivity contribution in [2.75, 3.05) is 26.2 Å². The van der Waals surface area contributed by atoms with Crippen LogP contribution in [-0.2, 0) is 11.2 Å². The monoisotopic (exact) mass is 318 g/mol. The number of aromatic nitrogens is 2. The van der Waals surface area contributed by atoms with Crippen molar-refractivity contribution in [1.82, 2.24) is 20.4 Å². The minimum absolute atomic E-state index is 0.0904. The molecule has 1 aromatic heterocycles. The number of hydrogen-bond donors (Lipinski definition) is 1. The molecule has 1 aromatic carbocycles. The summed E-state index contributed by atoms with van der Waals surface area (Å²) in [6, 6.07) is 4.81. The Balaban J connectivity index is 1.60. The third-order valence-electron chi connectivity index (χ3n) is 3.92. The summed E-state index contributed by atoms with van der Waals surface area (Å²) in [6.45, 7) is 4.82. The highest BCUT2D eigenvalue weighted by molar-refractivity contribution is 5.76. The third kappa shape index (κ3) is 3.73. The van der Waals surface area contributed by atoms with E-state index in [4.69, 9.17) is 4.52 Å². The van der Waals surface area contributed by atoms with E-state index in [1.165, 1.54) is 6.07 Å². The molecular formula is C16H19FN4O2. The second-order valence-electron chi connectivity index (χ2n) is 5.61. The molecule has 0 radical (unpaired) electrons. The van der Waals surface area contributed by atoms with Crippen LogP contribution in [0.15, 0.2) is 22.7 Å². The van der Waals surface area contributed by atoms with Crippen LogP contribution >= 0.6 is 0 Å². The number of nitrogens with zero attached hydrogens (tertiary/aromatic N) is 3. The predicted octanol–water partition coefficient (Wildman–Crippen LogP) is 1.55. The van der Waals surface area contributed by atoms with E-state index in [0.29, 0.717) is 35.7 Å². The SMILES string of the molecule is Cc1ccc(-c2noc(CCC(=O)N3CCNCC3)n2)cc1F. The van der Waals surface area contributed by atoms with Crippen LogP contribution < -0.4 is 5.32 Å². The first-order chi connectivity index (χ1) is 11.1. The average molecular weight is 318 g/mol. The summed E-state index contributed by atoms with van der Waals surface area (Å²) in [7, 11) is 0. The van der Waals surface area contributed by atoms with Crippen LogP contribution in [0.3, 0.4) is 0 Å². The number of benzene rings is 1. The van der Waals surface area contributed by atoms with Crippen molar-refractivity contribution in [1.29, 1.82) is 0 Å². The van der Waals surface area contributed by atoms with Crippen molar-refractivity contribution >= 4 is 5.91 Å². The van der Waals surface area contributed by atoms with Gasteiger partial charge in [0.05, 0.1) is 0 Å². The molecule has 1 N–H and O–H groups in total. The van der Waals surface area contributed by atoms with Gasteiger partial charge < -0.3 is 14.7 Å². The molecule has 0 saturated carbocycles. The second kappa shape index (κ2) is 6.87.